The van der Waals surface area contributed by atoms with Gasteiger partial charge in [-0.3, -0.25) is 0 Å². The molecule has 98 heavy (non-hydrogen) atoms. The molecule has 0 saturated heterocycles. The Morgan fingerprint density at radius 1 is 0.224 bits per heavy atom. The minimum absolute atomic E-state index is 0.318. The monoisotopic (exact) mass is 1240 g/mol. The van der Waals surface area contributed by atoms with Crippen molar-refractivity contribution in [2.75, 3.05) is 0 Å². The fourth-order valence-corrected chi connectivity index (χ4v) is 13.3. The average molecular weight is 1240 g/mol. The highest BCUT2D eigenvalue weighted by Gasteiger charge is 2.25. The summed E-state index contributed by atoms with van der Waals surface area (Å²) in [6.45, 7) is 0. The number of nitrogens with zero attached hydrogens (tertiary/aromatic N) is 13. The van der Waals surface area contributed by atoms with E-state index in [0.29, 0.717) is 123 Å². The van der Waals surface area contributed by atoms with E-state index in [1.165, 1.54) is 0 Å². The van der Waals surface area contributed by atoms with E-state index in [4.69, 9.17) is 9.97 Å². The molecule has 0 fully saturated rings. The molecule has 13 nitrogen and oxygen atoms in total. The van der Waals surface area contributed by atoms with Crippen LogP contribution >= 0.6 is 0 Å². The van der Waals surface area contributed by atoms with Crippen LogP contribution < -0.4 is 0 Å². The first-order valence-corrected chi connectivity index (χ1v) is 30.8. The molecule has 0 unspecified atom stereocenters. The highest BCUT2D eigenvalue weighted by molar-refractivity contribution is 6.14. The van der Waals surface area contributed by atoms with Crippen LogP contribution in [0.4, 0.5) is 0 Å². The zero-order valence-electron chi connectivity index (χ0n) is 51.5. The SMILES string of the molecule is N#Cc1ccc(-c2ccc3c(c2)c2cc(-c4ccc(C#N)cc4C#N)ccc2n3-c2ccc(C#N)cc2-c2ccc(-c3cc(-c4ccccc4)nc(-c4ccccc4)n3)cc2-n2c3ccc(-c4ccc(C#N)cc4C#N)cc3c3cc(-c4ccc(C#N)cc4C#N)ccc32)c(C#N)c1. The van der Waals surface area contributed by atoms with Crippen molar-refractivity contribution in [1.82, 2.24) is 19.1 Å². The van der Waals surface area contributed by atoms with E-state index in [9.17, 15) is 47.4 Å². The van der Waals surface area contributed by atoms with Gasteiger partial charge in [-0.2, -0.15) is 47.4 Å². The number of aromatic nitrogens is 4. The van der Waals surface area contributed by atoms with Crippen LogP contribution in [0.15, 0.2) is 249 Å². The third kappa shape index (κ3) is 10.2. The molecule has 0 aliphatic rings. The van der Waals surface area contributed by atoms with Crippen LogP contribution in [0.5, 0.6) is 0 Å². The molecule has 446 valence electrons. The van der Waals surface area contributed by atoms with E-state index in [0.717, 1.165) is 71.4 Å². The van der Waals surface area contributed by atoms with Gasteiger partial charge in [0, 0.05) is 49.4 Å². The van der Waals surface area contributed by atoms with E-state index in [1.54, 1.807) is 78.9 Å². The molecule has 3 aromatic heterocycles. The summed E-state index contributed by atoms with van der Waals surface area (Å²) in [5.74, 6) is 0.510. The van der Waals surface area contributed by atoms with Crippen molar-refractivity contribution in [2.24, 2.45) is 0 Å². The van der Waals surface area contributed by atoms with Crippen molar-refractivity contribution in [2.45, 2.75) is 0 Å². The fourth-order valence-electron chi connectivity index (χ4n) is 13.3. The Labute approximate surface area is 561 Å². The topological polar surface area (TPSA) is 250 Å². The molecule has 15 rings (SSSR count). The lowest BCUT2D eigenvalue weighted by Gasteiger charge is -2.20. The second kappa shape index (κ2) is 24.4. The van der Waals surface area contributed by atoms with Crippen molar-refractivity contribution in [3.05, 3.63) is 299 Å². The maximum absolute atomic E-state index is 11.0. The van der Waals surface area contributed by atoms with Gasteiger partial charge in [-0.05, 0) is 172 Å². The normalized spacial score (nSPS) is 10.8. The smallest absolute Gasteiger partial charge is 0.160 e. The van der Waals surface area contributed by atoms with Crippen LogP contribution in [0.3, 0.4) is 0 Å². The lowest BCUT2D eigenvalue weighted by Crippen LogP contribution is -2.03. The van der Waals surface area contributed by atoms with E-state index in [1.807, 2.05) is 158 Å². The molecule has 0 atom stereocenters. The number of nitriles is 9. The number of hydrogen-bond acceptors (Lipinski definition) is 11. The Balaban J connectivity index is 1.05. The van der Waals surface area contributed by atoms with E-state index in [2.05, 4.69) is 75.9 Å². The first-order valence-electron chi connectivity index (χ1n) is 30.8. The first kappa shape index (κ1) is 59.1. The molecule has 12 aromatic carbocycles. The van der Waals surface area contributed by atoms with Gasteiger partial charge in [0.2, 0.25) is 0 Å². The second-order valence-corrected chi connectivity index (χ2v) is 23.3. The predicted octanol–water partition coefficient (Wildman–Crippen LogP) is 18.9. The molecule has 0 spiro atoms. The Kier molecular flexibility index (Phi) is 14.7. The quantitative estimate of drug-likeness (QED) is 0.124. The van der Waals surface area contributed by atoms with E-state index < -0.39 is 0 Å². The van der Waals surface area contributed by atoms with Crippen LogP contribution in [-0.2, 0) is 0 Å². The van der Waals surface area contributed by atoms with Crippen molar-refractivity contribution in [1.29, 1.82) is 47.4 Å². The Morgan fingerprint density at radius 3 is 0.929 bits per heavy atom. The number of benzene rings is 12. The molecule has 3 heterocycles. The summed E-state index contributed by atoms with van der Waals surface area (Å²) in [5, 5.41) is 95.7. The van der Waals surface area contributed by atoms with Gasteiger partial charge >= 0.3 is 0 Å². The van der Waals surface area contributed by atoms with Gasteiger partial charge in [0.1, 0.15) is 0 Å². The van der Waals surface area contributed by atoms with Gasteiger partial charge in [0.15, 0.2) is 5.82 Å². The van der Waals surface area contributed by atoms with E-state index in [-0.39, 0.29) is 0 Å². The van der Waals surface area contributed by atoms with Crippen molar-refractivity contribution >= 4 is 43.6 Å². The summed E-state index contributed by atoms with van der Waals surface area (Å²) >= 11 is 0. The van der Waals surface area contributed by atoms with Gasteiger partial charge < -0.3 is 9.13 Å². The zero-order chi connectivity index (χ0) is 67.1. The summed E-state index contributed by atoms with van der Waals surface area (Å²) in [6.07, 6.45) is 0. The van der Waals surface area contributed by atoms with Crippen molar-refractivity contribution in [3.8, 4) is 156 Å². The average Bonchev–Trinajstić information content (AvgIpc) is 1.56. The Morgan fingerprint density at radius 2 is 0.551 bits per heavy atom. The summed E-state index contributed by atoms with van der Waals surface area (Å²) in [5.41, 5.74) is 17.9. The summed E-state index contributed by atoms with van der Waals surface area (Å²) < 4.78 is 4.34. The summed E-state index contributed by atoms with van der Waals surface area (Å²) in [7, 11) is 0. The van der Waals surface area contributed by atoms with Crippen molar-refractivity contribution < 1.29 is 0 Å². The third-order valence-electron chi connectivity index (χ3n) is 17.9. The fraction of sp³-hybridized carbons (Fsp3) is 0. The van der Waals surface area contributed by atoms with Gasteiger partial charge in [-0.1, -0.05) is 121 Å². The molecule has 0 saturated carbocycles. The number of rotatable bonds is 10. The molecular formula is C85H41N13. The van der Waals surface area contributed by atoms with Gasteiger partial charge in [0.25, 0.3) is 0 Å². The van der Waals surface area contributed by atoms with Crippen molar-refractivity contribution in [3.63, 3.8) is 0 Å². The number of fused-ring (bicyclic) bond motifs is 6. The molecule has 0 amide bonds. The second-order valence-electron chi connectivity index (χ2n) is 23.3. The molecule has 0 N–H and O–H groups in total. The van der Waals surface area contributed by atoms with Crippen LogP contribution in [0.1, 0.15) is 50.1 Å². The minimum atomic E-state index is 0.318. The van der Waals surface area contributed by atoms with Crippen LogP contribution in [0.25, 0.3) is 145 Å². The third-order valence-corrected chi connectivity index (χ3v) is 17.9. The lowest BCUT2D eigenvalue weighted by atomic mass is 9.95. The minimum Gasteiger partial charge on any atom is -0.309 e. The van der Waals surface area contributed by atoms with Crippen LogP contribution in [0, 0.1) is 102 Å². The van der Waals surface area contributed by atoms with Crippen LogP contribution in [0.2, 0.25) is 0 Å². The zero-order valence-corrected chi connectivity index (χ0v) is 51.5. The Hall–Kier alpha value is -15.3. The lowest BCUT2D eigenvalue weighted by molar-refractivity contribution is 1.15. The molecule has 13 heteroatoms. The maximum atomic E-state index is 11.0. The van der Waals surface area contributed by atoms with Gasteiger partial charge in [-0.25, -0.2) is 9.97 Å². The summed E-state index contributed by atoms with van der Waals surface area (Å²) in [6, 6.07) is 97.9. The highest BCUT2D eigenvalue weighted by Crippen LogP contribution is 2.46. The number of hydrogen-bond donors (Lipinski definition) is 0. The standard InChI is InChI=1S/C85H41N13/c86-42-51-11-21-67(63(31-51)47-91)58-17-27-80-73(36-58)74-37-59(68-22-12-52(43-87)32-64(68)48-92)18-28-81(74)97(80)79-26-15-55(46-90)35-72(79)71-25-16-62(78-41-77(56-7-3-1-4-8-56)95-85(96-78)57-9-5-2-6-10-57)40-84(71)98-82-29-19-60(69-23-13-53(44-88)33-65(69)49-93)38-75(82)76-39-61(20-30-83(76)98)70-24-14-54(45-89)34-66(70)50-94/h1-41H. The van der Waals surface area contributed by atoms with E-state index >= 15 is 0 Å². The first-order chi connectivity index (χ1) is 48.1. The molecular weight excluding hydrogens is 1200 g/mol. The van der Waals surface area contributed by atoms with Gasteiger partial charge in [0.05, 0.1) is 150 Å². The molecule has 0 bridgehead atoms. The molecule has 0 aliphatic carbocycles. The van der Waals surface area contributed by atoms with Gasteiger partial charge in [-0.15, -0.1) is 0 Å². The Bertz CT molecular complexity index is 6040. The van der Waals surface area contributed by atoms with Crippen LogP contribution in [-0.4, -0.2) is 19.1 Å². The largest absolute Gasteiger partial charge is 0.309 e. The summed E-state index contributed by atoms with van der Waals surface area (Å²) in [4.78, 5) is 10.5. The predicted molar refractivity (Wildman–Crippen MR) is 377 cm³/mol. The molecule has 0 radical (unpaired) electrons. The molecule has 15 aromatic rings. The maximum Gasteiger partial charge on any atom is 0.160 e. The molecule has 0 aliphatic heterocycles. The highest BCUT2D eigenvalue weighted by atomic mass is 15.0.